The van der Waals surface area contributed by atoms with Crippen molar-refractivity contribution < 1.29 is 4.74 Å². The molecule has 0 aliphatic rings. The van der Waals surface area contributed by atoms with Crippen LogP contribution in [0.3, 0.4) is 0 Å². The first kappa shape index (κ1) is 16.4. The van der Waals surface area contributed by atoms with Crippen LogP contribution in [-0.2, 0) is 12.6 Å². The van der Waals surface area contributed by atoms with E-state index in [2.05, 4.69) is 15.1 Å². The van der Waals surface area contributed by atoms with Crippen molar-refractivity contribution in [2.24, 2.45) is 18.5 Å². The Morgan fingerprint density at radius 2 is 1.92 bits per heavy atom. The topological polar surface area (TPSA) is 105 Å². The molecule has 0 bridgehead atoms. The van der Waals surface area contributed by atoms with Crippen molar-refractivity contribution in [3.63, 3.8) is 0 Å². The molecule has 0 saturated carbocycles. The van der Waals surface area contributed by atoms with E-state index in [4.69, 9.17) is 16.2 Å². The van der Waals surface area contributed by atoms with Crippen LogP contribution in [0.1, 0.15) is 25.2 Å². The Kier molecular flexibility index (Phi) is 4.21. The Morgan fingerprint density at radius 3 is 2.54 bits per heavy atom. The van der Waals surface area contributed by atoms with Crippen LogP contribution >= 0.6 is 0 Å². The van der Waals surface area contributed by atoms with Gasteiger partial charge in [0.2, 0.25) is 5.88 Å². The summed E-state index contributed by atoms with van der Waals surface area (Å²) >= 11 is 0. The van der Waals surface area contributed by atoms with Gasteiger partial charge in [0.1, 0.15) is 10.9 Å². The van der Waals surface area contributed by atoms with Gasteiger partial charge in [-0.15, -0.1) is 0 Å². The average molecular weight is 326 g/mol. The zero-order chi connectivity index (χ0) is 17.3. The van der Waals surface area contributed by atoms with Gasteiger partial charge in [-0.25, -0.2) is 4.98 Å². The molecular formula is C17H22N6O. The van der Waals surface area contributed by atoms with Crippen LogP contribution in [0.15, 0.2) is 36.5 Å². The first-order valence-electron chi connectivity index (χ1n) is 7.87. The van der Waals surface area contributed by atoms with E-state index < -0.39 is 5.54 Å². The number of hydrogen-bond acceptors (Lipinski definition) is 6. The number of nitrogens with two attached hydrogens (primary N) is 2. The highest BCUT2D eigenvalue weighted by Crippen LogP contribution is 2.29. The lowest BCUT2D eigenvalue weighted by Crippen LogP contribution is -2.46. The van der Waals surface area contributed by atoms with Crippen LogP contribution in [0.2, 0.25) is 0 Å². The fraction of sp³-hybridized carbons (Fsp3) is 0.353. The van der Waals surface area contributed by atoms with E-state index in [9.17, 15) is 0 Å². The predicted octanol–water partition coefficient (Wildman–Crippen LogP) is 1.31. The summed E-state index contributed by atoms with van der Waals surface area (Å²) in [7, 11) is 1.82. The smallest absolute Gasteiger partial charge is 0.228 e. The van der Waals surface area contributed by atoms with Gasteiger partial charge in [-0.3, -0.25) is 4.68 Å². The van der Waals surface area contributed by atoms with Crippen molar-refractivity contribution in [1.29, 1.82) is 0 Å². The number of benzene rings is 1. The maximum atomic E-state index is 6.61. The molecule has 7 heteroatoms. The quantitative estimate of drug-likeness (QED) is 0.732. The highest BCUT2D eigenvalue weighted by molar-refractivity contribution is 5.80. The molecule has 1 unspecified atom stereocenters. The van der Waals surface area contributed by atoms with E-state index in [1.54, 1.807) is 10.9 Å². The van der Waals surface area contributed by atoms with Gasteiger partial charge >= 0.3 is 0 Å². The molecule has 24 heavy (non-hydrogen) atoms. The van der Waals surface area contributed by atoms with Gasteiger partial charge in [-0.05, 0) is 19.4 Å². The molecule has 0 spiro atoms. The van der Waals surface area contributed by atoms with Gasteiger partial charge in [-0.2, -0.15) is 10.1 Å². The van der Waals surface area contributed by atoms with Crippen LogP contribution in [0.5, 0.6) is 5.88 Å². The zero-order valence-corrected chi connectivity index (χ0v) is 14.1. The number of fused-ring (bicyclic) bond motifs is 1. The molecule has 2 aromatic heterocycles. The van der Waals surface area contributed by atoms with Gasteiger partial charge < -0.3 is 16.2 Å². The minimum absolute atomic E-state index is 0.0297. The SMILES string of the molecule is CC(C)Oc1nc(C(N)(CN)c2ccccc2)nc2c1cnn2C. The van der Waals surface area contributed by atoms with Gasteiger partial charge in [0.15, 0.2) is 11.5 Å². The van der Waals surface area contributed by atoms with E-state index in [0.29, 0.717) is 17.4 Å². The fourth-order valence-corrected chi connectivity index (χ4v) is 2.58. The summed E-state index contributed by atoms with van der Waals surface area (Å²) in [5, 5.41) is 5.00. The molecule has 1 aromatic carbocycles. The zero-order valence-electron chi connectivity index (χ0n) is 14.1. The fourth-order valence-electron chi connectivity index (χ4n) is 2.58. The van der Waals surface area contributed by atoms with Gasteiger partial charge in [-0.1, -0.05) is 30.3 Å². The van der Waals surface area contributed by atoms with Gasteiger partial charge in [0, 0.05) is 13.6 Å². The minimum atomic E-state index is -1.01. The summed E-state index contributed by atoms with van der Waals surface area (Å²) in [5.74, 6) is 0.889. The summed E-state index contributed by atoms with van der Waals surface area (Å²) in [6.07, 6.45) is 1.66. The van der Waals surface area contributed by atoms with E-state index in [1.807, 2.05) is 51.2 Å². The molecule has 0 saturated heterocycles. The maximum Gasteiger partial charge on any atom is 0.228 e. The van der Waals surface area contributed by atoms with Crippen LogP contribution in [-0.4, -0.2) is 32.4 Å². The van der Waals surface area contributed by atoms with Gasteiger partial charge in [0.25, 0.3) is 0 Å². The van der Waals surface area contributed by atoms with Gasteiger partial charge in [0.05, 0.1) is 12.3 Å². The second-order valence-corrected chi connectivity index (χ2v) is 6.07. The number of hydrogen-bond donors (Lipinski definition) is 2. The molecule has 2 heterocycles. The molecule has 126 valence electrons. The highest BCUT2D eigenvalue weighted by atomic mass is 16.5. The Morgan fingerprint density at radius 1 is 1.21 bits per heavy atom. The van der Waals surface area contributed by atoms with Crippen LogP contribution < -0.4 is 16.2 Å². The average Bonchev–Trinajstić information content (AvgIpc) is 2.96. The molecule has 0 aliphatic carbocycles. The van der Waals surface area contributed by atoms with Crippen molar-refractivity contribution in [1.82, 2.24) is 19.7 Å². The first-order valence-corrected chi connectivity index (χ1v) is 7.87. The van der Waals surface area contributed by atoms with E-state index in [0.717, 1.165) is 10.9 Å². The summed E-state index contributed by atoms with van der Waals surface area (Å²) in [4.78, 5) is 9.21. The van der Waals surface area contributed by atoms with Crippen molar-refractivity contribution in [3.8, 4) is 5.88 Å². The standard InChI is InChI=1S/C17H22N6O/c1-11(2)24-15-13-9-20-23(3)14(13)21-16(22-15)17(19,10-18)12-7-5-4-6-8-12/h4-9,11H,10,18-19H2,1-3H3. The lowest BCUT2D eigenvalue weighted by molar-refractivity contribution is 0.234. The predicted molar refractivity (Wildman–Crippen MR) is 92.5 cm³/mol. The van der Waals surface area contributed by atoms with Crippen LogP contribution in [0, 0.1) is 0 Å². The van der Waals surface area contributed by atoms with Crippen LogP contribution in [0.4, 0.5) is 0 Å². The van der Waals surface area contributed by atoms with E-state index >= 15 is 0 Å². The Hall–Kier alpha value is -2.51. The molecule has 7 nitrogen and oxygen atoms in total. The summed E-state index contributed by atoms with van der Waals surface area (Å²) in [6, 6.07) is 9.61. The number of ether oxygens (including phenoxy) is 1. The molecule has 3 aromatic rings. The monoisotopic (exact) mass is 326 g/mol. The van der Waals surface area contributed by atoms with Crippen molar-refractivity contribution in [2.75, 3.05) is 6.54 Å². The van der Waals surface area contributed by atoms with Crippen LogP contribution in [0.25, 0.3) is 11.0 Å². The molecule has 4 N–H and O–H groups in total. The third-order valence-electron chi connectivity index (χ3n) is 3.91. The third kappa shape index (κ3) is 2.72. The second-order valence-electron chi connectivity index (χ2n) is 6.07. The molecule has 0 amide bonds. The van der Waals surface area contributed by atoms with Crippen molar-refractivity contribution in [2.45, 2.75) is 25.5 Å². The van der Waals surface area contributed by atoms with Crippen molar-refractivity contribution >= 4 is 11.0 Å². The lowest BCUT2D eigenvalue weighted by Gasteiger charge is -2.27. The summed E-state index contributed by atoms with van der Waals surface area (Å²) < 4.78 is 7.53. The Labute approximate surface area is 140 Å². The summed E-state index contributed by atoms with van der Waals surface area (Å²) in [6.45, 7) is 4.06. The lowest BCUT2D eigenvalue weighted by atomic mass is 9.90. The Balaban J connectivity index is 2.22. The molecule has 0 aliphatic heterocycles. The number of aryl methyl sites for hydroxylation is 1. The number of nitrogens with zero attached hydrogens (tertiary/aromatic N) is 4. The highest BCUT2D eigenvalue weighted by Gasteiger charge is 2.33. The van der Waals surface area contributed by atoms with E-state index in [1.165, 1.54) is 0 Å². The molecular weight excluding hydrogens is 304 g/mol. The molecule has 0 radical (unpaired) electrons. The maximum absolute atomic E-state index is 6.61. The number of rotatable bonds is 5. The molecule has 0 fully saturated rings. The Bertz CT molecular complexity index is 845. The number of aromatic nitrogens is 4. The first-order chi connectivity index (χ1) is 11.5. The third-order valence-corrected chi connectivity index (χ3v) is 3.91. The normalized spacial score (nSPS) is 14.1. The molecule has 1 atom stereocenters. The summed E-state index contributed by atoms with van der Waals surface area (Å²) in [5.41, 5.74) is 13.1. The van der Waals surface area contributed by atoms with Crippen molar-refractivity contribution in [3.05, 3.63) is 47.9 Å². The minimum Gasteiger partial charge on any atom is -0.474 e. The molecule has 3 rings (SSSR count). The second kappa shape index (κ2) is 6.18. The largest absolute Gasteiger partial charge is 0.474 e. The van der Waals surface area contributed by atoms with E-state index in [-0.39, 0.29) is 12.6 Å².